The van der Waals surface area contributed by atoms with E-state index in [4.69, 9.17) is 14.2 Å². The summed E-state index contributed by atoms with van der Waals surface area (Å²) < 4.78 is 57.7. The molecular weight excluding hydrogens is 475 g/mol. The molecule has 1 heterocycles. The third-order valence-electron chi connectivity index (χ3n) is 5.63. The van der Waals surface area contributed by atoms with Gasteiger partial charge in [0.15, 0.2) is 11.5 Å². The molecule has 0 saturated carbocycles. The first-order valence-corrected chi connectivity index (χ1v) is 10.9. The van der Waals surface area contributed by atoms with Crippen molar-refractivity contribution in [2.75, 3.05) is 33.2 Å². The van der Waals surface area contributed by atoms with Crippen LogP contribution in [0.5, 0.6) is 17.2 Å². The van der Waals surface area contributed by atoms with Crippen LogP contribution in [0.4, 0.5) is 24.5 Å². The predicted molar refractivity (Wildman–Crippen MR) is 130 cm³/mol. The first-order chi connectivity index (χ1) is 17.3. The lowest BCUT2D eigenvalue weighted by atomic mass is 10.1. The fourth-order valence-corrected chi connectivity index (χ4v) is 3.98. The molecule has 3 N–H and O–H groups in total. The molecule has 0 saturated heterocycles. The highest BCUT2D eigenvalue weighted by Crippen LogP contribution is 2.41. The number of aromatic nitrogens is 1. The number of ether oxygens (including phenoxy) is 3. The molecule has 0 unspecified atom stereocenters. The maximum atomic E-state index is 14.2. The van der Waals surface area contributed by atoms with E-state index in [-0.39, 0.29) is 23.2 Å². The monoisotopic (exact) mass is 499 g/mol. The molecule has 10 heteroatoms. The maximum absolute atomic E-state index is 14.2. The second-order valence-corrected chi connectivity index (χ2v) is 7.86. The van der Waals surface area contributed by atoms with Crippen molar-refractivity contribution >= 4 is 28.2 Å². The number of H-pyrrole nitrogens is 1. The van der Waals surface area contributed by atoms with Gasteiger partial charge in [0.2, 0.25) is 5.75 Å². The molecule has 0 aliphatic carbocycles. The molecule has 0 bridgehead atoms. The molecule has 36 heavy (non-hydrogen) atoms. The van der Waals surface area contributed by atoms with Crippen LogP contribution in [0.1, 0.15) is 15.9 Å². The van der Waals surface area contributed by atoms with E-state index in [0.29, 0.717) is 40.4 Å². The Labute approximate surface area is 205 Å². The zero-order valence-electron chi connectivity index (χ0n) is 19.8. The van der Waals surface area contributed by atoms with E-state index >= 15 is 0 Å². The van der Waals surface area contributed by atoms with E-state index in [9.17, 15) is 18.0 Å². The Morgan fingerprint density at radius 2 is 1.64 bits per heavy atom. The van der Waals surface area contributed by atoms with Crippen LogP contribution < -0.4 is 24.8 Å². The molecule has 1 aromatic heterocycles. The first-order valence-electron chi connectivity index (χ1n) is 10.9. The fraction of sp³-hybridized carbons (Fsp3) is 0.192. The number of hydrogen-bond donors (Lipinski definition) is 3. The van der Waals surface area contributed by atoms with Gasteiger partial charge in [-0.15, -0.1) is 0 Å². The van der Waals surface area contributed by atoms with Crippen molar-refractivity contribution in [3.05, 3.63) is 77.2 Å². The van der Waals surface area contributed by atoms with Gasteiger partial charge in [0.05, 0.1) is 38.1 Å². The molecule has 0 aliphatic heterocycles. The summed E-state index contributed by atoms with van der Waals surface area (Å²) in [6, 6.07) is 9.02. The number of amides is 1. The number of aromatic amines is 1. The van der Waals surface area contributed by atoms with Gasteiger partial charge in [-0.05, 0) is 36.2 Å². The van der Waals surface area contributed by atoms with Crippen molar-refractivity contribution in [3.8, 4) is 17.2 Å². The largest absolute Gasteiger partial charge is 0.493 e. The van der Waals surface area contributed by atoms with Gasteiger partial charge in [-0.3, -0.25) is 4.79 Å². The van der Waals surface area contributed by atoms with E-state index < -0.39 is 23.4 Å². The highest BCUT2D eigenvalue weighted by Gasteiger charge is 2.17. The molecule has 188 valence electrons. The number of carbonyl (C=O) groups excluding carboxylic acids is 1. The number of fused-ring (bicyclic) bond motifs is 1. The van der Waals surface area contributed by atoms with Gasteiger partial charge in [0, 0.05) is 42.0 Å². The average molecular weight is 499 g/mol. The standard InChI is InChI=1S/C26H24F3N3O4/c1-34-22-11-17(12-23(35-2)25(22)36-3)32-20-9-15(27)4-5-18(20)26(33)30-7-6-14-13-31-21-10-16(28)8-19(29)24(14)21/h4-5,8-13,31-32H,6-7H2,1-3H3,(H,30,33). The number of carbonyl (C=O) groups is 1. The molecule has 0 spiro atoms. The second kappa shape index (κ2) is 10.5. The molecule has 4 aromatic rings. The van der Waals surface area contributed by atoms with Gasteiger partial charge in [-0.1, -0.05) is 0 Å². The molecule has 0 atom stereocenters. The number of nitrogens with one attached hydrogen (secondary N) is 3. The van der Waals surface area contributed by atoms with Crippen LogP contribution in [0.15, 0.2) is 48.7 Å². The van der Waals surface area contributed by atoms with Gasteiger partial charge in [-0.25, -0.2) is 13.2 Å². The van der Waals surface area contributed by atoms with Gasteiger partial charge in [0.1, 0.15) is 17.5 Å². The summed E-state index contributed by atoms with van der Waals surface area (Å²) in [5.41, 5.74) is 1.82. The SMILES string of the molecule is COc1cc(Nc2cc(F)ccc2C(=O)NCCc2c[nH]c3cc(F)cc(F)c23)cc(OC)c1OC. The zero-order chi connectivity index (χ0) is 25.8. The molecule has 7 nitrogen and oxygen atoms in total. The molecule has 0 aliphatic rings. The highest BCUT2D eigenvalue weighted by molar-refractivity contribution is 6.00. The highest BCUT2D eigenvalue weighted by atomic mass is 19.1. The van der Waals surface area contributed by atoms with Gasteiger partial charge >= 0.3 is 0 Å². The lowest BCUT2D eigenvalue weighted by molar-refractivity contribution is 0.0955. The molecular formula is C26H24F3N3O4. The van der Waals surface area contributed by atoms with E-state index in [0.717, 1.165) is 6.07 Å². The third-order valence-corrected chi connectivity index (χ3v) is 5.63. The van der Waals surface area contributed by atoms with Gasteiger partial charge < -0.3 is 29.8 Å². The Bertz CT molecular complexity index is 1400. The van der Waals surface area contributed by atoms with Crippen LogP contribution in [-0.2, 0) is 6.42 Å². The van der Waals surface area contributed by atoms with Crippen LogP contribution in [0.3, 0.4) is 0 Å². The first kappa shape index (κ1) is 24.8. The van der Waals surface area contributed by atoms with Crippen molar-refractivity contribution in [2.24, 2.45) is 0 Å². The number of rotatable bonds is 9. The molecule has 4 rings (SSSR count). The number of hydrogen-bond acceptors (Lipinski definition) is 5. The molecule has 1 amide bonds. The summed E-state index contributed by atoms with van der Waals surface area (Å²) >= 11 is 0. The summed E-state index contributed by atoms with van der Waals surface area (Å²) in [5, 5.41) is 6.07. The van der Waals surface area contributed by atoms with Crippen molar-refractivity contribution in [3.63, 3.8) is 0 Å². The fourth-order valence-electron chi connectivity index (χ4n) is 3.98. The van der Waals surface area contributed by atoms with Gasteiger partial charge in [0.25, 0.3) is 5.91 Å². The maximum Gasteiger partial charge on any atom is 0.253 e. The van der Waals surface area contributed by atoms with Crippen molar-refractivity contribution < 1.29 is 32.2 Å². The Kier molecular flexibility index (Phi) is 7.23. The smallest absolute Gasteiger partial charge is 0.253 e. The summed E-state index contributed by atoms with van der Waals surface area (Å²) in [6.45, 7) is 0.170. The van der Waals surface area contributed by atoms with Crippen LogP contribution in [0.25, 0.3) is 10.9 Å². The Morgan fingerprint density at radius 3 is 2.31 bits per heavy atom. The number of anilines is 2. The summed E-state index contributed by atoms with van der Waals surface area (Å²) in [7, 11) is 4.42. The summed E-state index contributed by atoms with van der Waals surface area (Å²) in [4.78, 5) is 15.8. The quantitative estimate of drug-likeness (QED) is 0.290. The Hall–Kier alpha value is -4.34. The van der Waals surface area contributed by atoms with E-state index in [1.807, 2.05) is 0 Å². The number of methoxy groups -OCH3 is 3. The lowest BCUT2D eigenvalue weighted by Gasteiger charge is -2.17. The molecule has 3 aromatic carbocycles. The predicted octanol–water partition coefficient (Wildman–Crippen LogP) is 5.33. The molecule has 0 radical (unpaired) electrons. The van der Waals surface area contributed by atoms with E-state index in [2.05, 4.69) is 15.6 Å². The van der Waals surface area contributed by atoms with Crippen molar-refractivity contribution in [2.45, 2.75) is 6.42 Å². The Morgan fingerprint density at radius 1 is 0.917 bits per heavy atom. The summed E-state index contributed by atoms with van der Waals surface area (Å²) in [5.74, 6) is -1.20. The third kappa shape index (κ3) is 5.02. The van der Waals surface area contributed by atoms with Crippen LogP contribution in [-0.4, -0.2) is 38.8 Å². The minimum atomic E-state index is -0.678. The average Bonchev–Trinajstić information content (AvgIpc) is 3.26. The van der Waals surface area contributed by atoms with Crippen LogP contribution in [0, 0.1) is 17.5 Å². The second-order valence-electron chi connectivity index (χ2n) is 7.86. The summed E-state index contributed by atoms with van der Waals surface area (Å²) in [6.07, 6.45) is 1.87. The lowest BCUT2D eigenvalue weighted by Crippen LogP contribution is -2.26. The van der Waals surface area contributed by atoms with E-state index in [1.54, 1.807) is 18.3 Å². The minimum absolute atomic E-state index is 0.170. The van der Waals surface area contributed by atoms with E-state index in [1.165, 1.54) is 45.6 Å². The number of benzene rings is 3. The normalized spacial score (nSPS) is 10.8. The Balaban J connectivity index is 1.53. The van der Waals surface area contributed by atoms with Crippen LogP contribution in [0.2, 0.25) is 0 Å². The topological polar surface area (TPSA) is 84.6 Å². The van der Waals surface area contributed by atoms with Crippen molar-refractivity contribution in [1.82, 2.24) is 10.3 Å². The zero-order valence-corrected chi connectivity index (χ0v) is 19.8. The van der Waals surface area contributed by atoms with Gasteiger partial charge in [-0.2, -0.15) is 0 Å². The number of halogens is 3. The molecule has 0 fully saturated rings. The van der Waals surface area contributed by atoms with Crippen LogP contribution >= 0.6 is 0 Å². The minimum Gasteiger partial charge on any atom is -0.493 e. The van der Waals surface area contributed by atoms with Crippen molar-refractivity contribution in [1.29, 1.82) is 0 Å².